The second kappa shape index (κ2) is 10.8. The summed E-state index contributed by atoms with van der Waals surface area (Å²) < 4.78 is 5.66. The lowest BCUT2D eigenvalue weighted by Gasteiger charge is -2.26. The van der Waals surface area contributed by atoms with Gasteiger partial charge in [-0.2, -0.15) is 0 Å². The monoisotopic (exact) mass is 488 g/mol. The molecule has 5 nitrogen and oxygen atoms in total. The van der Waals surface area contributed by atoms with Crippen LogP contribution in [0, 0.1) is 0 Å². The number of likely N-dealkylation sites (tertiary alicyclic amines) is 1. The van der Waals surface area contributed by atoms with Gasteiger partial charge in [0.2, 0.25) is 0 Å². The van der Waals surface area contributed by atoms with E-state index in [-0.39, 0.29) is 30.0 Å². The molecular weight excluding hydrogens is 463 g/mol. The van der Waals surface area contributed by atoms with Gasteiger partial charge < -0.3 is 15.1 Å². The quantitative estimate of drug-likeness (QED) is 0.366. The Hall–Kier alpha value is -1.25. The number of nitrogens with one attached hydrogen (secondary N) is 2. The molecular formula is C19H26ClIN4O. The van der Waals surface area contributed by atoms with Gasteiger partial charge in [-0.25, -0.2) is 0 Å². The van der Waals surface area contributed by atoms with Crippen molar-refractivity contribution < 1.29 is 4.42 Å². The summed E-state index contributed by atoms with van der Waals surface area (Å²) in [7, 11) is 1.79. The van der Waals surface area contributed by atoms with E-state index in [9.17, 15) is 0 Å². The highest BCUT2D eigenvalue weighted by Crippen LogP contribution is 2.24. The maximum atomic E-state index is 5.93. The minimum atomic E-state index is 0. The number of hydrogen-bond donors (Lipinski definition) is 2. The molecule has 0 radical (unpaired) electrons. The molecule has 0 saturated carbocycles. The maximum Gasteiger partial charge on any atom is 0.191 e. The van der Waals surface area contributed by atoms with Crippen LogP contribution in [0.1, 0.15) is 30.2 Å². The summed E-state index contributed by atoms with van der Waals surface area (Å²) in [5.74, 6) is 1.79. The molecule has 1 fully saturated rings. The number of halogens is 2. The minimum Gasteiger partial charge on any atom is -0.468 e. The largest absolute Gasteiger partial charge is 0.468 e. The molecule has 0 amide bonds. The van der Waals surface area contributed by atoms with Gasteiger partial charge in [0.1, 0.15) is 5.76 Å². The predicted octanol–water partition coefficient (Wildman–Crippen LogP) is 4.05. The van der Waals surface area contributed by atoms with E-state index in [1.54, 1.807) is 13.3 Å². The minimum absolute atomic E-state index is 0. The van der Waals surface area contributed by atoms with Crippen LogP contribution >= 0.6 is 35.6 Å². The summed E-state index contributed by atoms with van der Waals surface area (Å²) in [5.41, 5.74) is 1.16. The smallest absolute Gasteiger partial charge is 0.191 e. The number of benzene rings is 1. The Kier molecular flexibility index (Phi) is 8.74. The third kappa shape index (κ3) is 5.89. The Morgan fingerprint density at radius 3 is 2.54 bits per heavy atom. The zero-order chi connectivity index (χ0) is 17.5. The van der Waals surface area contributed by atoms with E-state index in [1.807, 2.05) is 30.3 Å². The molecule has 1 aromatic carbocycles. The molecule has 2 heterocycles. The van der Waals surface area contributed by atoms with E-state index in [4.69, 9.17) is 16.0 Å². The number of rotatable bonds is 6. The first-order valence-corrected chi connectivity index (χ1v) is 9.10. The van der Waals surface area contributed by atoms with Crippen LogP contribution in [0.2, 0.25) is 5.02 Å². The highest BCUT2D eigenvalue weighted by atomic mass is 127. The Balaban J connectivity index is 0.00000243. The van der Waals surface area contributed by atoms with Crippen LogP contribution in [0.25, 0.3) is 0 Å². The zero-order valence-corrected chi connectivity index (χ0v) is 18.0. The fourth-order valence-electron chi connectivity index (χ4n) is 3.15. The van der Waals surface area contributed by atoms with Crippen molar-refractivity contribution in [2.45, 2.75) is 25.4 Å². The van der Waals surface area contributed by atoms with Gasteiger partial charge in [-0.15, -0.1) is 24.0 Å². The first kappa shape index (κ1) is 21.1. The van der Waals surface area contributed by atoms with E-state index >= 15 is 0 Å². The van der Waals surface area contributed by atoms with Crippen LogP contribution in [0.15, 0.2) is 52.1 Å². The van der Waals surface area contributed by atoms with Crippen molar-refractivity contribution >= 4 is 41.5 Å². The lowest BCUT2D eigenvalue weighted by molar-refractivity contribution is 0.215. The van der Waals surface area contributed by atoms with Gasteiger partial charge in [0, 0.05) is 25.2 Å². The zero-order valence-electron chi connectivity index (χ0n) is 15.0. The summed E-state index contributed by atoms with van der Waals surface area (Å²) in [5, 5.41) is 7.52. The molecule has 1 aliphatic heterocycles. The molecule has 2 aromatic rings. The van der Waals surface area contributed by atoms with Crippen LogP contribution in [-0.2, 0) is 6.54 Å². The molecule has 0 aliphatic carbocycles. The molecule has 1 unspecified atom stereocenters. The number of hydrogen-bond acceptors (Lipinski definition) is 3. The second-order valence-electron chi connectivity index (χ2n) is 6.21. The van der Waals surface area contributed by atoms with Gasteiger partial charge in [0.05, 0.1) is 12.3 Å². The van der Waals surface area contributed by atoms with Crippen molar-refractivity contribution in [1.29, 1.82) is 0 Å². The van der Waals surface area contributed by atoms with Gasteiger partial charge in [-0.05, 0) is 55.8 Å². The highest BCUT2D eigenvalue weighted by Gasteiger charge is 2.25. The average molecular weight is 489 g/mol. The predicted molar refractivity (Wildman–Crippen MR) is 117 cm³/mol. The molecule has 1 atom stereocenters. The number of guanidine groups is 1. The first-order chi connectivity index (χ1) is 12.3. The van der Waals surface area contributed by atoms with Gasteiger partial charge in [0.15, 0.2) is 5.96 Å². The second-order valence-corrected chi connectivity index (χ2v) is 6.64. The van der Waals surface area contributed by atoms with E-state index in [0.717, 1.165) is 41.9 Å². The van der Waals surface area contributed by atoms with Crippen LogP contribution in [-0.4, -0.2) is 37.5 Å². The van der Waals surface area contributed by atoms with Crippen molar-refractivity contribution in [3.05, 3.63) is 59.0 Å². The van der Waals surface area contributed by atoms with Crippen LogP contribution in [0.4, 0.5) is 0 Å². The van der Waals surface area contributed by atoms with Crippen LogP contribution < -0.4 is 10.6 Å². The highest BCUT2D eigenvalue weighted by molar-refractivity contribution is 14.0. The number of nitrogens with zero attached hydrogens (tertiary/aromatic N) is 2. The Labute approximate surface area is 177 Å². The van der Waals surface area contributed by atoms with E-state index in [2.05, 4.69) is 26.6 Å². The third-order valence-corrected chi connectivity index (χ3v) is 4.76. The van der Waals surface area contributed by atoms with Gasteiger partial charge in [-0.3, -0.25) is 9.89 Å². The lowest BCUT2D eigenvalue weighted by atomic mass is 10.2. The molecule has 1 aliphatic rings. The molecule has 7 heteroatoms. The number of furan rings is 1. The van der Waals surface area contributed by atoms with Crippen molar-refractivity contribution in [2.75, 3.05) is 26.7 Å². The first-order valence-electron chi connectivity index (χ1n) is 8.72. The van der Waals surface area contributed by atoms with Crippen molar-refractivity contribution in [2.24, 2.45) is 4.99 Å². The van der Waals surface area contributed by atoms with Crippen LogP contribution in [0.3, 0.4) is 0 Å². The Bertz CT molecular complexity index is 669. The lowest BCUT2D eigenvalue weighted by Crippen LogP contribution is -2.42. The fraction of sp³-hybridized carbons (Fsp3) is 0.421. The van der Waals surface area contributed by atoms with Crippen LogP contribution in [0.5, 0.6) is 0 Å². The molecule has 0 spiro atoms. The molecule has 1 saturated heterocycles. The SMILES string of the molecule is CN=C(NCc1ccc(Cl)cc1)NCC(c1ccco1)N1CCCC1.I. The molecule has 2 N–H and O–H groups in total. The summed E-state index contributed by atoms with van der Waals surface area (Å²) in [6, 6.07) is 12.0. The summed E-state index contributed by atoms with van der Waals surface area (Å²) >= 11 is 5.93. The molecule has 3 rings (SSSR count). The normalized spacial score (nSPS) is 16.2. The fourth-order valence-corrected chi connectivity index (χ4v) is 3.27. The topological polar surface area (TPSA) is 52.8 Å². The molecule has 0 bridgehead atoms. The van der Waals surface area contributed by atoms with E-state index < -0.39 is 0 Å². The van der Waals surface area contributed by atoms with E-state index in [0.29, 0.717) is 6.54 Å². The van der Waals surface area contributed by atoms with Crippen molar-refractivity contribution in [3.63, 3.8) is 0 Å². The summed E-state index contributed by atoms with van der Waals surface area (Å²) in [4.78, 5) is 6.79. The summed E-state index contributed by atoms with van der Waals surface area (Å²) in [6.45, 7) is 3.69. The Morgan fingerprint density at radius 2 is 1.92 bits per heavy atom. The third-order valence-electron chi connectivity index (χ3n) is 4.51. The van der Waals surface area contributed by atoms with Crippen molar-refractivity contribution in [1.82, 2.24) is 15.5 Å². The Morgan fingerprint density at radius 1 is 1.19 bits per heavy atom. The number of aliphatic imine (C=N–C) groups is 1. The molecule has 1 aromatic heterocycles. The average Bonchev–Trinajstić information content (AvgIpc) is 3.33. The van der Waals surface area contributed by atoms with Gasteiger partial charge in [-0.1, -0.05) is 23.7 Å². The maximum absolute atomic E-state index is 5.93. The van der Waals surface area contributed by atoms with E-state index in [1.165, 1.54) is 12.8 Å². The van der Waals surface area contributed by atoms with Gasteiger partial charge >= 0.3 is 0 Å². The van der Waals surface area contributed by atoms with Gasteiger partial charge in [0.25, 0.3) is 0 Å². The summed E-state index contributed by atoms with van der Waals surface area (Å²) in [6.07, 6.45) is 4.24. The standard InChI is InChI=1S/C19H25ClN4O.HI/c1-21-19(22-13-15-6-8-16(20)9-7-15)23-14-17(18-5-4-12-25-18)24-10-2-3-11-24;/h4-9,12,17H,2-3,10-11,13-14H2,1H3,(H2,21,22,23);1H. The molecule has 142 valence electrons. The molecule has 26 heavy (non-hydrogen) atoms. The van der Waals surface area contributed by atoms with Crippen molar-refractivity contribution in [3.8, 4) is 0 Å².